The van der Waals surface area contributed by atoms with Crippen molar-refractivity contribution in [2.24, 2.45) is 0 Å². The molecule has 0 saturated heterocycles. The van der Waals surface area contributed by atoms with Crippen molar-refractivity contribution in [3.63, 3.8) is 0 Å². The summed E-state index contributed by atoms with van der Waals surface area (Å²) in [4.78, 5) is 11.9. The predicted molar refractivity (Wildman–Crippen MR) is 74.7 cm³/mol. The summed E-state index contributed by atoms with van der Waals surface area (Å²) >= 11 is 2.05. The lowest BCUT2D eigenvalue weighted by Gasteiger charge is -2.24. The largest absolute Gasteiger partial charge is 0.464 e. The first-order valence-corrected chi connectivity index (χ1v) is 6.60. The van der Waals surface area contributed by atoms with Crippen molar-refractivity contribution in [2.45, 2.75) is 18.9 Å². The molecule has 0 heterocycles. The molecule has 0 aliphatic heterocycles. The Labute approximate surface area is 115 Å². The van der Waals surface area contributed by atoms with Gasteiger partial charge in [-0.15, -0.1) is 0 Å². The molecule has 1 aromatic carbocycles. The summed E-state index contributed by atoms with van der Waals surface area (Å²) in [6.45, 7) is 1.97. The predicted octanol–water partition coefficient (Wildman–Crippen LogP) is 2.78. The fraction of sp³-hybridized carbons (Fsp3) is 0.308. The van der Waals surface area contributed by atoms with Gasteiger partial charge in [-0.2, -0.15) is 0 Å². The zero-order valence-electron chi connectivity index (χ0n) is 9.60. The first kappa shape index (κ1) is 14.2. The van der Waals surface area contributed by atoms with Crippen molar-refractivity contribution in [1.82, 2.24) is 0 Å². The molecule has 0 fully saturated rings. The quantitative estimate of drug-likeness (QED) is 0.659. The molecular formula is C13H15IO3. The zero-order chi connectivity index (χ0) is 12.7. The van der Waals surface area contributed by atoms with Crippen LogP contribution < -0.4 is 0 Å². The number of ether oxygens (including phenoxy) is 1. The maximum absolute atomic E-state index is 11.9. The molecule has 17 heavy (non-hydrogen) atoms. The minimum absolute atomic E-state index is 0.207. The fourth-order valence-corrected chi connectivity index (χ4v) is 1.75. The second-order valence-electron chi connectivity index (χ2n) is 3.51. The summed E-state index contributed by atoms with van der Waals surface area (Å²) in [7, 11) is 0. The van der Waals surface area contributed by atoms with Crippen molar-refractivity contribution in [2.75, 3.05) is 6.61 Å². The van der Waals surface area contributed by atoms with Crippen LogP contribution in [0.3, 0.4) is 0 Å². The van der Waals surface area contributed by atoms with E-state index in [2.05, 4.69) is 0 Å². The molecule has 0 saturated carbocycles. The zero-order valence-corrected chi connectivity index (χ0v) is 11.8. The summed E-state index contributed by atoms with van der Waals surface area (Å²) < 4.78 is 6.70. The minimum Gasteiger partial charge on any atom is -0.464 e. The second-order valence-corrected chi connectivity index (χ2v) is 4.23. The van der Waals surface area contributed by atoms with Crippen LogP contribution in [0.15, 0.2) is 40.5 Å². The van der Waals surface area contributed by atoms with Crippen LogP contribution in [-0.4, -0.2) is 17.7 Å². The normalized spacial score (nSPS) is 14.5. The Kier molecular flexibility index (Phi) is 5.64. The van der Waals surface area contributed by atoms with E-state index in [1.54, 1.807) is 41.3 Å². The molecule has 3 nitrogen and oxygen atoms in total. The van der Waals surface area contributed by atoms with Crippen molar-refractivity contribution in [3.05, 3.63) is 46.1 Å². The van der Waals surface area contributed by atoms with E-state index in [1.165, 1.54) is 0 Å². The number of rotatable bonds is 5. The van der Waals surface area contributed by atoms with E-state index in [1.807, 2.05) is 28.7 Å². The van der Waals surface area contributed by atoms with Crippen molar-refractivity contribution in [3.8, 4) is 0 Å². The van der Waals surface area contributed by atoms with Gasteiger partial charge in [-0.25, -0.2) is 4.79 Å². The molecule has 0 amide bonds. The Bertz CT molecular complexity index is 389. The molecule has 92 valence electrons. The number of aliphatic hydroxyl groups is 1. The summed E-state index contributed by atoms with van der Waals surface area (Å²) in [6.07, 6.45) is 1.95. The average Bonchev–Trinajstić information content (AvgIpc) is 2.37. The van der Waals surface area contributed by atoms with Gasteiger partial charge in [-0.3, -0.25) is 0 Å². The van der Waals surface area contributed by atoms with E-state index in [4.69, 9.17) is 4.74 Å². The number of hydrogen-bond donors (Lipinski definition) is 1. The van der Waals surface area contributed by atoms with E-state index in [0.717, 1.165) is 0 Å². The van der Waals surface area contributed by atoms with Gasteiger partial charge in [0.2, 0.25) is 0 Å². The molecule has 4 heteroatoms. The third-order valence-corrected chi connectivity index (χ3v) is 2.88. The number of halogens is 1. The van der Waals surface area contributed by atoms with Crippen molar-refractivity contribution in [1.29, 1.82) is 0 Å². The van der Waals surface area contributed by atoms with E-state index >= 15 is 0 Å². The van der Waals surface area contributed by atoms with Crippen LogP contribution in [0.2, 0.25) is 0 Å². The molecule has 0 unspecified atom stereocenters. The van der Waals surface area contributed by atoms with E-state index < -0.39 is 11.6 Å². The monoisotopic (exact) mass is 346 g/mol. The Morgan fingerprint density at radius 1 is 1.47 bits per heavy atom. The maximum Gasteiger partial charge on any atom is 0.343 e. The minimum atomic E-state index is -1.60. The molecule has 1 atom stereocenters. The SMILES string of the molecule is CCOC(=O)[C@@](O)(C/C=C/I)c1ccccc1. The van der Waals surface area contributed by atoms with Gasteiger partial charge in [0.25, 0.3) is 0 Å². The molecule has 1 aromatic rings. The molecule has 0 bridgehead atoms. The Balaban J connectivity index is 3.05. The number of carbonyl (C=O) groups excluding carboxylic acids is 1. The molecule has 0 aliphatic rings. The molecule has 0 radical (unpaired) electrons. The van der Waals surface area contributed by atoms with Crippen LogP contribution in [0.4, 0.5) is 0 Å². The highest BCUT2D eigenvalue weighted by Gasteiger charge is 2.38. The standard InChI is InChI=1S/C13H15IO3/c1-2-17-12(15)13(16,9-6-10-14)11-7-4-3-5-8-11/h3-8,10,16H,2,9H2,1H3/b10-6+/t13-/m1/s1. The van der Waals surface area contributed by atoms with Crippen LogP contribution in [0, 0.1) is 0 Å². The van der Waals surface area contributed by atoms with Crippen LogP contribution in [0.25, 0.3) is 0 Å². The number of carbonyl (C=O) groups is 1. The first-order valence-electron chi connectivity index (χ1n) is 5.35. The highest BCUT2D eigenvalue weighted by molar-refractivity contribution is 14.1. The fourth-order valence-electron chi connectivity index (χ4n) is 1.50. The summed E-state index contributed by atoms with van der Waals surface area (Å²) in [5.41, 5.74) is -1.05. The maximum atomic E-state index is 11.9. The Hall–Kier alpha value is -0.880. The molecule has 1 rings (SSSR count). The van der Waals surface area contributed by atoms with Gasteiger partial charge in [-0.05, 0) is 16.6 Å². The third kappa shape index (κ3) is 3.54. The van der Waals surface area contributed by atoms with Crippen LogP contribution in [-0.2, 0) is 15.1 Å². The molecule has 0 aromatic heterocycles. The lowest BCUT2D eigenvalue weighted by atomic mass is 9.90. The van der Waals surface area contributed by atoms with E-state index in [-0.39, 0.29) is 13.0 Å². The van der Waals surface area contributed by atoms with Gasteiger partial charge in [-0.1, -0.05) is 59.0 Å². The summed E-state index contributed by atoms with van der Waals surface area (Å²) in [5.74, 6) is -0.610. The van der Waals surface area contributed by atoms with Crippen LogP contribution in [0.5, 0.6) is 0 Å². The van der Waals surface area contributed by atoms with Crippen molar-refractivity contribution < 1.29 is 14.6 Å². The molecular weight excluding hydrogens is 331 g/mol. The first-order chi connectivity index (χ1) is 8.15. The highest BCUT2D eigenvalue weighted by Crippen LogP contribution is 2.27. The molecule has 0 spiro atoms. The topological polar surface area (TPSA) is 46.5 Å². The molecule has 0 aliphatic carbocycles. The van der Waals surface area contributed by atoms with E-state index in [9.17, 15) is 9.90 Å². The summed E-state index contributed by atoms with van der Waals surface area (Å²) in [6, 6.07) is 8.85. The highest BCUT2D eigenvalue weighted by atomic mass is 127. The van der Waals surface area contributed by atoms with Gasteiger partial charge in [0.15, 0.2) is 5.60 Å². The van der Waals surface area contributed by atoms with Gasteiger partial charge in [0, 0.05) is 6.42 Å². The van der Waals surface area contributed by atoms with Crippen molar-refractivity contribution >= 4 is 28.6 Å². The van der Waals surface area contributed by atoms with Gasteiger partial charge < -0.3 is 9.84 Å². The van der Waals surface area contributed by atoms with Gasteiger partial charge in [0.05, 0.1) is 6.61 Å². The molecule has 1 N–H and O–H groups in total. The number of esters is 1. The van der Waals surface area contributed by atoms with Crippen LogP contribution >= 0.6 is 22.6 Å². The number of hydrogen-bond acceptors (Lipinski definition) is 3. The average molecular weight is 346 g/mol. The third-order valence-electron chi connectivity index (χ3n) is 2.37. The second kappa shape index (κ2) is 6.76. The Morgan fingerprint density at radius 2 is 2.12 bits per heavy atom. The summed E-state index contributed by atoms with van der Waals surface area (Å²) in [5, 5.41) is 10.5. The lowest BCUT2D eigenvalue weighted by Crippen LogP contribution is -2.37. The lowest BCUT2D eigenvalue weighted by molar-refractivity contribution is -0.166. The number of benzene rings is 1. The Morgan fingerprint density at radius 3 is 2.65 bits per heavy atom. The van der Waals surface area contributed by atoms with E-state index in [0.29, 0.717) is 5.56 Å². The van der Waals surface area contributed by atoms with Crippen LogP contribution in [0.1, 0.15) is 18.9 Å². The smallest absolute Gasteiger partial charge is 0.343 e. The van der Waals surface area contributed by atoms with Gasteiger partial charge >= 0.3 is 5.97 Å². The van der Waals surface area contributed by atoms with Gasteiger partial charge in [0.1, 0.15) is 0 Å².